The number of carbonyl (C=O) groups excluding carboxylic acids is 2. The van der Waals surface area contributed by atoms with Crippen molar-refractivity contribution in [2.45, 2.75) is 57.1 Å². The Kier molecular flexibility index (Phi) is 6.67. The van der Waals surface area contributed by atoms with Crippen molar-refractivity contribution >= 4 is 44.4 Å². The Morgan fingerprint density at radius 1 is 1.10 bits per heavy atom. The highest BCUT2D eigenvalue weighted by atomic mass is 79.9. The predicted octanol–water partition coefficient (Wildman–Crippen LogP) is 5.18. The van der Waals surface area contributed by atoms with Crippen molar-refractivity contribution in [2.24, 2.45) is 0 Å². The first-order chi connectivity index (χ1) is 14.5. The standard InChI is InChI=1S/C21H25BrN4O3S/c1-25-13-12-17(29-19(27)15-8-10-16(22)11-9-15)26(21(25)28)20-24-23-18(30-20)14-6-4-2-3-5-7-14/h8-11,14,17H,2-7,12-13H2,1H3. The van der Waals surface area contributed by atoms with E-state index >= 15 is 0 Å². The number of amides is 2. The summed E-state index contributed by atoms with van der Waals surface area (Å²) in [6.45, 7) is 0.516. The molecule has 1 unspecified atom stereocenters. The van der Waals surface area contributed by atoms with Gasteiger partial charge in [-0.25, -0.2) is 14.5 Å². The van der Waals surface area contributed by atoms with Crippen LogP contribution in [0.3, 0.4) is 0 Å². The van der Waals surface area contributed by atoms with Crippen LogP contribution in [0.5, 0.6) is 0 Å². The van der Waals surface area contributed by atoms with Gasteiger partial charge in [0.25, 0.3) is 0 Å². The van der Waals surface area contributed by atoms with E-state index in [1.165, 1.54) is 41.9 Å². The van der Waals surface area contributed by atoms with Crippen LogP contribution in [-0.4, -0.2) is 46.9 Å². The molecular formula is C21H25BrN4O3S. The number of ether oxygens (including phenoxy) is 1. The van der Waals surface area contributed by atoms with Gasteiger partial charge in [0.2, 0.25) is 5.13 Å². The van der Waals surface area contributed by atoms with Crippen molar-refractivity contribution in [3.63, 3.8) is 0 Å². The SMILES string of the molecule is CN1CCC(OC(=O)c2ccc(Br)cc2)N(c2nnc(C3CCCCCC3)s2)C1=O. The molecule has 1 saturated heterocycles. The summed E-state index contributed by atoms with van der Waals surface area (Å²) < 4.78 is 6.63. The summed E-state index contributed by atoms with van der Waals surface area (Å²) in [6, 6.07) is 6.75. The third-order valence-electron chi connectivity index (χ3n) is 5.70. The van der Waals surface area contributed by atoms with Crippen LogP contribution in [0.4, 0.5) is 9.93 Å². The minimum absolute atomic E-state index is 0.224. The number of carbonyl (C=O) groups is 2. The van der Waals surface area contributed by atoms with Gasteiger partial charge in [-0.2, -0.15) is 0 Å². The molecule has 0 N–H and O–H groups in total. The van der Waals surface area contributed by atoms with Crippen LogP contribution >= 0.6 is 27.3 Å². The summed E-state index contributed by atoms with van der Waals surface area (Å²) >= 11 is 4.81. The van der Waals surface area contributed by atoms with Crippen LogP contribution in [0, 0.1) is 0 Å². The molecule has 1 aromatic carbocycles. The number of hydrogen-bond donors (Lipinski definition) is 0. The van der Waals surface area contributed by atoms with Crippen molar-refractivity contribution < 1.29 is 14.3 Å². The van der Waals surface area contributed by atoms with Gasteiger partial charge in [-0.3, -0.25) is 0 Å². The van der Waals surface area contributed by atoms with Gasteiger partial charge in [0, 0.05) is 30.4 Å². The molecule has 1 aliphatic carbocycles. The van der Waals surface area contributed by atoms with Crippen LogP contribution in [0.1, 0.15) is 66.2 Å². The Hall–Kier alpha value is -2.00. The monoisotopic (exact) mass is 492 g/mol. The first-order valence-corrected chi connectivity index (χ1v) is 12.0. The van der Waals surface area contributed by atoms with E-state index in [0.29, 0.717) is 29.6 Å². The van der Waals surface area contributed by atoms with Crippen LogP contribution < -0.4 is 4.90 Å². The summed E-state index contributed by atoms with van der Waals surface area (Å²) in [5.41, 5.74) is 0.445. The molecule has 2 heterocycles. The molecule has 1 aromatic heterocycles. The Morgan fingerprint density at radius 2 is 1.80 bits per heavy atom. The Balaban J connectivity index is 1.54. The molecule has 30 heavy (non-hydrogen) atoms. The van der Waals surface area contributed by atoms with Crippen LogP contribution in [0.2, 0.25) is 0 Å². The number of aromatic nitrogens is 2. The van der Waals surface area contributed by atoms with E-state index in [0.717, 1.165) is 22.3 Å². The van der Waals surface area contributed by atoms with E-state index in [1.807, 2.05) is 0 Å². The maximum absolute atomic E-state index is 12.9. The zero-order valence-electron chi connectivity index (χ0n) is 16.9. The fraction of sp³-hybridized carbons (Fsp3) is 0.524. The van der Waals surface area contributed by atoms with Gasteiger partial charge in [0.05, 0.1) is 5.56 Å². The highest BCUT2D eigenvalue weighted by Crippen LogP contribution is 2.37. The Labute approximate surface area is 188 Å². The minimum Gasteiger partial charge on any atom is -0.437 e. The lowest BCUT2D eigenvalue weighted by molar-refractivity contribution is 0.0229. The molecule has 9 heteroatoms. The average molecular weight is 493 g/mol. The number of benzene rings is 1. The molecule has 2 aromatic rings. The molecule has 2 fully saturated rings. The topological polar surface area (TPSA) is 75.6 Å². The summed E-state index contributed by atoms with van der Waals surface area (Å²) in [5.74, 6) is -0.0523. The van der Waals surface area contributed by atoms with E-state index < -0.39 is 12.2 Å². The number of rotatable bonds is 4. The second-order valence-corrected chi connectivity index (χ2v) is 9.74. The van der Waals surface area contributed by atoms with Gasteiger partial charge >= 0.3 is 12.0 Å². The van der Waals surface area contributed by atoms with Crippen LogP contribution in [-0.2, 0) is 4.74 Å². The van der Waals surface area contributed by atoms with Crippen molar-refractivity contribution in [3.8, 4) is 0 Å². The van der Waals surface area contributed by atoms with E-state index in [-0.39, 0.29) is 6.03 Å². The normalized spacial score (nSPS) is 20.9. The van der Waals surface area contributed by atoms with Gasteiger partial charge in [-0.05, 0) is 37.1 Å². The van der Waals surface area contributed by atoms with Crippen molar-refractivity contribution in [1.29, 1.82) is 0 Å². The van der Waals surface area contributed by atoms with Crippen LogP contribution in [0.25, 0.3) is 0 Å². The number of halogens is 1. The zero-order valence-corrected chi connectivity index (χ0v) is 19.3. The van der Waals surface area contributed by atoms with E-state index in [2.05, 4.69) is 26.1 Å². The van der Waals surface area contributed by atoms with Crippen LogP contribution in [0.15, 0.2) is 28.7 Å². The summed E-state index contributed by atoms with van der Waals surface area (Å²) in [7, 11) is 1.75. The lowest BCUT2D eigenvalue weighted by Gasteiger charge is -2.37. The van der Waals surface area contributed by atoms with E-state index in [4.69, 9.17) is 4.74 Å². The van der Waals surface area contributed by atoms with Gasteiger partial charge < -0.3 is 9.64 Å². The number of esters is 1. The molecule has 160 valence electrons. The molecule has 7 nitrogen and oxygen atoms in total. The number of urea groups is 1. The van der Waals surface area contributed by atoms with Gasteiger partial charge in [-0.15, -0.1) is 10.2 Å². The predicted molar refractivity (Wildman–Crippen MR) is 119 cm³/mol. The van der Waals surface area contributed by atoms with Crippen molar-refractivity contribution in [1.82, 2.24) is 15.1 Å². The first kappa shape index (κ1) is 21.2. The van der Waals surface area contributed by atoms with Gasteiger partial charge in [0.15, 0.2) is 6.23 Å². The smallest absolute Gasteiger partial charge is 0.340 e. The molecule has 1 aliphatic heterocycles. The van der Waals surface area contributed by atoms with Gasteiger partial charge in [-0.1, -0.05) is 53.0 Å². The Bertz CT molecular complexity index is 896. The molecule has 0 bridgehead atoms. The maximum atomic E-state index is 12.9. The molecule has 4 rings (SSSR count). The molecule has 0 radical (unpaired) electrons. The third kappa shape index (κ3) is 4.67. The molecule has 0 spiro atoms. The van der Waals surface area contributed by atoms with E-state index in [9.17, 15) is 9.59 Å². The van der Waals surface area contributed by atoms with E-state index in [1.54, 1.807) is 36.2 Å². The highest BCUT2D eigenvalue weighted by Gasteiger charge is 2.38. The second-order valence-electron chi connectivity index (χ2n) is 7.84. The maximum Gasteiger partial charge on any atom is 0.340 e. The number of nitrogens with zero attached hydrogens (tertiary/aromatic N) is 4. The third-order valence-corrected chi connectivity index (χ3v) is 7.31. The number of hydrogen-bond acceptors (Lipinski definition) is 6. The highest BCUT2D eigenvalue weighted by molar-refractivity contribution is 9.10. The molecule has 1 atom stereocenters. The summed E-state index contributed by atoms with van der Waals surface area (Å²) in [4.78, 5) is 28.7. The summed E-state index contributed by atoms with van der Waals surface area (Å²) in [6.07, 6.45) is 7.01. The number of anilines is 1. The average Bonchev–Trinajstić information content (AvgIpc) is 3.05. The Morgan fingerprint density at radius 3 is 2.50 bits per heavy atom. The second kappa shape index (κ2) is 9.43. The largest absolute Gasteiger partial charge is 0.437 e. The van der Waals surface area contributed by atoms with Crippen molar-refractivity contribution in [2.75, 3.05) is 18.5 Å². The zero-order chi connectivity index (χ0) is 21.1. The molecular weight excluding hydrogens is 468 g/mol. The molecule has 2 amide bonds. The fourth-order valence-corrected chi connectivity index (χ4v) is 5.26. The fourth-order valence-electron chi connectivity index (χ4n) is 3.95. The molecule has 1 saturated carbocycles. The lowest BCUT2D eigenvalue weighted by Crippen LogP contribution is -2.54. The lowest BCUT2D eigenvalue weighted by atomic mass is 10.0. The first-order valence-electron chi connectivity index (χ1n) is 10.4. The quantitative estimate of drug-likeness (QED) is 0.433. The summed E-state index contributed by atoms with van der Waals surface area (Å²) in [5, 5.41) is 10.2. The molecule has 2 aliphatic rings. The van der Waals surface area contributed by atoms with Crippen molar-refractivity contribution in [3.05, 3.63) is 39.3 Å². The van der Waals surface area contributed by atoms with Gasteiger partial charge in [0.1, 0.15) is 5.01 Å². The minimum atomic E-state index is -0.695.